The summed E-state index contributed by atoms with van der Waals surface area (Å²) >= 11 is 0. The maximum absolute atomic E-state index is 10.6. The molecule has 1 aromatic carbocycles. The van der Waals surface area contributed by atoms with Crippen molar-refractivity contribution < 1.29 is 14.6 Å². The predicted molar refractivity (Wildman–Crippen MR) is 138 cm³/mol. The van der Waals surface area contributed by atoms with Gasteiger partial charge in [0.1, 0.15) is 5.75 Å². The highest BCUT2D eigenvalue weighted by atomic mass is 127. The van der Waals surface area contributed by atoms with Crippen molar-refractivity contribution in [3.05, 3.63) is 53.7 Å². The SMILES string of the molecule is CCNC(=NCc1ccnc(OCC2CC2)c1)NCC(O)c1cccc(OC(C)C)c1.I. The molecule has 32 heavy (non-hydrogen) atoms. The number of halogens is 1. The molecule has 1 aromatic heterocycles. The lowest BCUT2D eigenvalue weighted by Crippen LogP contribution is -2.39. The molecule has 1 aliphatic carbocycles. The van der Waals surface area contributed by atoms with Crippen molar-refractivity contribution in [1.82, 2.24) is 15.6 Å². The Kier molecular flexibility index (Phi) is 11.0. The van der Waals surface area contributed by atoms with Crippen LogP contribution in [-0.4, -0.2) is 41.9 Å². The lowest BCUT2D eigenvalue weighted by atomic mass is 10.1. The van der Waals surface area contributed by atoms with Gasteiger partial charge in [0.25, 0.3) is 0 Å². The van der Waals surface area contributed by atoms with Crippen LogP contribution >= 0.6 is 24.0 Å². The number of benzene rings is 1. The van der Waals surface area contributed by atoms with Crippen LogP contribution in [0.3, 0.4) is 0 Å². The molecule has 8 heteroatoms. The fourth-order valence-electron chi connectivity index (χ4n) is 3.01. The third-order valence-corrected chi connectivity index (χ3v) is 4.80. The third-order valence-electron chi connectivity index (χ3n) is 4.80. The first-order chi connectivity index (χ1) is 15.0. The second kappa shape index (κ2) is 13.5. The topological polar surface area (TPSA) is 88.0 Å². The number of aliphatic hydroxyl groups is 1. The Bertz CT molecular complexity index is 859. The molecule has 7 nitrogen and oxygen atoms in total. The van der Waals surface area contributed by atoms with Crippen molar-refractivity contribution in [2.75, 3.05) is 19.7 Å². The number of hydrogen-bond donors (Lipinski definition) is 3. The first-order valence-electron chi connectivity index (χ1n) is 11.1. The van der Waals surface area contributed by atoms with E-state index in [1.54, 1.807) is 6.20 Å². The van der Waals surface area contributed by atoms with E-state index in [1.165, 1.54) is 12.8 Å². The number of rotatable bonds is 11. The van der Waals surface area contributed by atoms with Crippen LogP contribution in [0.2, 0.25) is 0 Å². The fourth-order valence-corrected chi connectivity index (χ4v) is 3.01. The average Bonchev–Trinajstić information content (AvgIpc) is 3.58. The molecule has 2 aromatic rings. The number of hydrogen-bond acceptors (Lipinski definition) is 5. The molecular formula is C24H35IN4O3. The van der Waals surface area contributed by atoms with Gasteiger partial charge in [-0.15, -0.1) is 24.0 Å². The molecule has 1 unspecified atom stereocenters. The minimum Gasteiger partial charge on any atom is -0.491 e. The number of aromatic nitrogens is 1. The van der Waals surface area contributed by atoms with Gasteiger partial charge in [0.05, 0.1) is 25.4 Å². The number of aliphatic hydroxyl groups excluding tert-OH is 1. The molecule has 1 heterocycles. The normalized spacial score (nSPS) is 14.5. The fraction of sp³-hybridized carbons (Fsp3) is 0.500. The summed E-state index contributed by atoms with van der Waals surface area (Å²) in [6.07, 6.45) is 3.67. The Morgan fingerprint density at radius 2 is 2.03 bits per heavy atom. The molecule has 176 valence electrons. The van der Waals surface area contributed by atoms with Gasteiger partial charge in [0.2, 0.25) is 5.88 Å². The molecule has 1 fully saturated rings. The third kappa shape index (κ3) is 9.20. The Balaban J connectivity index is 0.00000363. The number of nitrogens with one attached hydrogen (secondary N) is 2. The molecule has 1 saturated carbocycles. The van der Waals surface area contributed by atoms with Gasteiger partial charge in [-0.3, -0.25) is 0 Å². The number of aliphatic imine (C=N–C) groups is 1. The lowest BCUT2D eigenvalue weighted by Gasteiger charge is -2.17. The molecule has 0 amide bonds. The van der Waals surface area contributed by atoms with Crippen molar-refractivity contribution in [3.63, 3.8) is 0 Å². The van der Waals surface area contributed by atoms with Crippen LogP contribution in [0.1, 0.15) is 50.8 Å². The molecular weight excluding hydrogens is 519 g/mol. The molecule has 0 bridgehead atoms. The smallest absolute Gasteiger partial charge is 0.213 e. The summed E-state index contributed by atoms with van der Waals surface area (Å²) in [7, 11) is 0. The van der Waals surface area contributed by atoms with Gasteiger partial charge in [-0.05, 0) is 68.9 Å². The van der Waals surface area contributed by atoms with E-state index in [4.69, 9.17) is 9.47 Å². The van der Waals surface area contributed by atoms with E-state index in [0.717, 1.165) is 30.0 Å². The van der Waals surface area contributed by atoms with Gasteiger partial charge in [-0.2, -0.15) is 0 Å². The summed E-state index contributed by atoms with van der Waals surface area (Å²) in [5.41, 5.74) is 1.82. The first-order valence-corrected chi connectivity index (χ1v) is 11.1. The zero-order valence-electron chi connectivity index (χ0n) is 19.1. The monoisotopic (exact) mass is 554 g/mol. The molecule has 3 rings (SSSR count). The highest BCUT2D eigenvalue weighted by Crippen LogP contribution is 2.29. The summed E-state index contributed by atoms with van der Waals surface area (Å²) in [6.45, 7) is 8.27. The molecule has 0 saturated heterocycles. The quantitative estimate of drug-likeness (QED) is 0.221. The van der Waals surface area contributed by atoms with Gasteiger partial charge < -0.3 is 25.2 Å². The maximum atomic E-state index is 10.6. The summed E-state index contributed by atoms with van der Waals surface area (Å²) in [5, 5.41) is 17.0. The van der Waals surface area contributed by atoms with Crippen LogP contribution in [0.4, 0.5) is 0 Å². The minimum absolute atomic E-state index is 0. The van der Waals surface area contributed by atoms with E-state index in [0.29, 0.717) is 30.8 Å². The Hall–Kier alpha value is -2.07. The molecule has 3 N–H and O–H groups in total. The average molecular weight is 554 g/mol. The Labute approximate surface area is 208 Å². The van der Waals surface area contributed by atoms with Crippen molar-refractivity contribution in [1.29, 1.82) is 0 Å². The van der Waals surface area contributed by atoms with E-state index >= 15 is 0 Å². The Morgan fingerprint density at radius 3 is 2.75 bits per heavy atom. The largest absolute Gasteiger partial charge is 0.491 e. The highest BCUT2D eigenvalue weighted by molar-refractivity contribution is 14.0. The standard InChI is InChI=1S/C24H34N4O3.HI/c1-4-25-24(27-14-19-10-11-26-23(12-19)30-16-18-8-9-18)28-15-22(29)20-6-5-7-21(13-20)31-17(2)3;/h5-7,10-13,17-18,22,29H,4,8-9,14-16H2,1-3H3,(H2,25,27,28);1H. The number of pyridine rings is 1. The van der Waals surface area contributed by atoms with Crippen molar-refractivity contribution in [2.45, 2.75) is 52.4 Å². The summed E-state index contributed by atoms with van der Waals surface area (Å²) in [4.78, 5) is 8.91. The summed E-state index contributed by atoms with van der Waals surface area (Å²) in [6, 6.07) is 11.4. The number of ether oxygens (including phenoxy) is 2. The molecule has 0 radical (unpaired) electrons. The van der Waals surface area contributed by atoms with Crippen LogP contribution in [0.25, 0.3) is 0 Å². The second-order valence-corrected chi connectivity index (χ2v) is 8.09. The zero-order chi connectivity index (χ0) is 22.1. The van der Waals surface area contributed by atoms with Crippen LogP contribution < -0.4 is 20.1 Å². The molecule has 1 atom stereocenters. The summed E-state index contributed by atoms with van der Waals surface area (Å²) in [5.74, 6) is 2.74. The van der Waals surface area contributed by atoms with Gasteiger partial charge in [-0.1, -0.05) is 12.1 Å². The maximum Gasteiger partial charge on any atom is 0.213 e. The zero-order valence-corrected chi connectivity index (χ0v) is 21.4. The van der Waals surface area contributed by atoms with E-state index in [-0.39, 0.29) is 30.1 Å². The van der Waals surface area contributed by atoms with Crippen molar-refractivity contribution >= 4 is 29.9 Å². The number of guanidine groups is 1. The number of nitrogens with zero attached hydrogens (tertiary/aromatic N) is 2. The van der Waals surface area contributed by atoms with Crippen LogP contribution in [0.15, 0.2) is 47.6 Å². The lowest BCUT2D eigenvalue weighted by molar-refractivity contribution is 0.179. The minimum atomic E-state index is -0.678. The van der Waals surface area contributed by atoms with Crippen LogP contribution in [-0.2, 0) is 6.54 Å². The molecule has 0 spiro atoms. The van der Waals surface area contributed by atoms with Crippen molar-refractivity contribution in [2.24, 2.45) is 10.9 Å². The van der Waals surface area contributed by atoms with E-state index in [2.05, 4.69) is 20.6 Å². The highest BCUT2D eigenvalue weighted by Gasteiger charge is 2.22. The van der Waals surface area contributed by atoms with E-state index < -0.39 is 6.10 Å². The van der Waals surface area contributed by atoms with Crippen LogP contribution in [0, 0.1) is 5.92 Å². The first kappa shape index (κ1) is 26.2. The van der Waals surface area contributed by atoms with Gasteiger partial charge >= 0.3 is 0 Å². The van der Waals surface area contributed by atoms with Gasteiger partial charge in [0.15, 0.2) is 5.96 Å². The second-order valence-electron chi connectivity index (χ2n) is 8.09. The Morgan fingerprint density at radius 1 is 1.22 bits per heavy atom. The van der Waals surface area contributed by atoms with Crippen molar-refractivity contribution in [3.8, 4) is 11.6 Å². The van der Waals surface area contributed by atoms with E-state index in [1.807, 2.05) is 57.2 Å². The predicted octanol–water partition coefficient (Wildman–Crippen LogP) is 4.06. The summed E-state index contributed by atoms with van der Waals surface area (Å²) < 4.78 is 11.5. The van der Waals surface area contributed by atoms with Crippen LogP contribution in [0.5, 0.6) is 11.6 Å². The van der Waals surface area contributed by atoms with Gasteiger partial charge in [0, 0.05) is 25.4 Å². The molecule has 0 aliphatic heterocycles. The van der Waals surface area contributed by atoms with Gasteiger partial charge in [-0.25, -0.2) is 9.98 Å². The molecule has 1 aliphatic rings. The van der Waals surface area contributed by atoms with E-state index in [9.17, 15) is 5.11 Å².